The van der Waals surface area contributed by atoms with Crippen LogP contribution in [0.3, 0.4) is 0 Å². The summed E-state index contributed by atoms with van der Waals surface area (Å²) in [7, 11) is -2.58. The number of rotatable bonds is 17. The van der Waals surface area contributed by atoms with E-state index in [4.69, 9.17) is 9.16 Å². The van der Waals surface area contributed by atoms with Crippen molar-refractivity contribution in [2.75, 3.05) is 0 Å². The molecule has 0 bridgehead atoms. The van der Waals surface area contributed by atoms with E-state index in [1.54, 1.807) is 6.92 Å². The number of unbranched alkanes of at least 4 members (excludes halogenated alkanes) is 1. The lowest BCUT2D eigenvalue weighted by atomic mass is 9.83. The van der Waals surface area contributed by atoms with Crippen LogP contribution in [0.25, 0.3) is 0 Å². The van der Waals surface area contributed by atoms with E-state index in [2.05, 4.69) is 46.9 Å². The average Bonchev–Trinajstić information content (AvgIpc) is 2.86. The maximum Gasteiger partial charge on any atom is 0.408 e. The first-order valence-electron chi connectivity index (χ1n) is 14.3. The topological polar surface area (TPSA) is 122 Å². The van der Waals surface area contributed by atoms with Crippen molar-refractivity contribution in [3.05, 3.63) is 35.9 Å². The number of carboxylic acids is 1. The van der Waals surface area contributed by atoms with Gasteiger partial charge in [0.25, 0.3) is 0 Å². The van der Waals surface area contributed by atoms with Gasteiger partial charge in [0.15, 0.2) is 5.78 Å². The second-order valence-corrected chi connectivity index (χ2v) is 17.0. The van der Waals surface area contributed by atoms with Crippen molar-refractivity contribution in [3.8, 4) is 0 Å². The first-order valence-corrected chi connectivity index (χ1v) is 16.4. The van der Waals surface area contributed by atoms with Crippen LogP contribution in [0.15, 0.2) is 30.3 Å². The summed E-state index contributed by atoms with van der Waals surface area (Å²) in [6.45, 7) is 17.7. The minimum absolute atomic E-state index is 0.0120. The quantitative estimate of drug-likeness (QED) is 0.189. The Morgan fingerprint density at radius 3 is 1.90 bits per heavy atom. The van der Waals surface area contributed by atoms with Gasteiger partial charge >= 0.3 is 12.1 Å². The normalized spacial score (nSPS) is 16.0. The number of hydrogen-bond acceptors (Lipinski definition) is 6. The largest absolute Gasteiger partial charge is 0.481 e. The van der Waals surface area contributed by atoms with Gasteiger partial charge < -0.3 is 24.7 Å². The second-order valence-electron chi connectivity index (χ2n) is 11.6. The molecule has 1 rings (SSSR count). The number of hydrogen-bond donors (Lipinski definition) is 3. The molecule has 0 fully saturated rings. The van der Waals surface area contributed by atoms with Gasteiger partial charge in [-0.15, -0.1) is 0 Å². The van der Waals surface area contributed by atoms with Crippen LogP contribution in [0.4, 0.5) is 4.79 Å². The van der Waals surface area contributed by atoms with Gasteiger partial charge in [0.2, 0.25) is 8.32 Å². The molecular weight excluding hydrogens is 514 g/mol. The smallest absolute Gasteiger partial charge is 0.408 e. The Hall–Kier alpha value is -2.23. The monoisotopic (exact) mass is 565 g/mol. The number of amides is 1. The molecule has 9 heteroatoms. The molecule has 1 amide bonds. The Morgan fingerprint density at radius 1 is 0.923 bits per heavy atom. The van der Waals surface area contributed by atoms with Gasteiger partial charge in [-0.1, -0.05) is 98.6 Å². The fraction of sp³-hybridized carbons (Fsp3) is 0.700. The van der Waals surface area contributed by atoms with Crippen molar-refractivity contribution >= 4 is 26.2 Å². The van der Waals surface area contributed by atoms with Crippen molar-refractivity contribution in [3.63, 3.8) is 0 Å². The van der Waals surface area contributed by atoms with Gasteiger partial charge in [-0.05, 0) is 35.5 Å². The third-order valence-electron chi connectivity index (χ3n) is 7.85. The number of carbonyl (C=O) groups excluding carboxylic acids is 2. The summed E-state index contributed by atoms with van der Waals surface area (Å²) in [6.07, 6.45) is -1.08. The first-order chi connectivity index (χ1) is 18.2. The zero-order valence-corrected chi connectivity index (χ0v) is 26.3. The Balaban J connectivity index is 3.35. The number of Topliss-reactive ketones (excluding diaryl/α,β-unsaturated/α-hetero) is 1. The number of ether oxygens (including phenoxy) is 1. The Labute approximate surface area is 236 Å². The minimum Gasteiger partial charge on any atom is -0.481 e. The predicted octanol–water partition coefficient (Wildman–Crippen LogP) is 6.32. The highest BCUT2D eigenvalue weighted by Gasteiger charge is 2.50. The molecule has 0 radical (unpaired) electrons. The highest BCUT2D eigenvalue weighted by molar-refractivity contribution is 6.77. The number of aliphatic carboxylic acids is 1. The van der Waals surface area contributed by atoms with Crippen LogP contribution >= 0.6 is 0 Å². The summed E-state index contributed by atoms with van der Waals surface area (Å²) in [4.78, 5) is 39.0. The molecule has 0 aromatic heterocycles. The molecule has 1 aromatic carbocycles. The fourth-order valence-corrected chi connectivity index (χ4v) is 11.5. The number of carboxylic acid groups (broad SMARTS) is 1. The van der Waals surface area contributed by atoms with E-state index in [1.165, 1.54) is 6.92 Å². The minimum atomic E-state index is -2.58. The van der Waals surface area contributed by atoms with Crippen molar-refractivity contribution in [2.45, 2.75) is 123 Å². The molecule has 0 saturated heterocycles. The molecule has 8 nitrogen and oxygen atoms in total. The Kier molecular flexibility index (Phi) is 14.4. The van der Waals surface area contributed by atoms with Gasteiger partial charge in [-0.2, -0.15) is 0 Å². The van der Waals surface area contributed by atoms with Crippen LogP contribution in [-0.2, 0) is 25.4 Å². The summed E-state index contributed by atoms with van der Waals surface area (Å²) in [5.41, 5.74) is 1.33. The fourth-order valence-electron chi connectivity index (χ4n) is 5.80. The van der Waals surface area contributed by atoms with Crippen LogP contribution in [-0.4, -0.2) is 54.6 Å². The van der Waals surface area contributed by atoms with Gasteiger partial charge in [0.05, 0.1) is 18.1 Å². The second kappa shape index (κ2) is 16.1. The summed E-state index contributed by atoms with van der Waals surface area (Å²) in [5, 5.41) is 23.3. The molecule has 0 spiro atoms. The summed E-state index contributed by atoms with van der Waals surface area (Å²) in [6, 6.07) is 7.85. The predicted molar refractivity (Wildman–Crippen MR) is 156 cm³/mol. The van der Waals surface area contributed by atoms with Gasteiger partial charge in [0.1, 0.15) is 12.6 Å². The molecule has 39 heavy (non-hydrogen) atoms. The lowest BCUT2D eigenvalue weighted by molar-refractivity contribution is -0.148. The van der Waals surface area contributed by atoms with Crippen LogP contribution in [0.5, 0.6) is 0 Å². The number of benzene rings is 1. The van der Waals surface area contributed by atoms with Crippen LogP contribution in [0.2, 0.25) is 16.6 Å². The number of aliphatic hydroxyl groups excluding tert-OH is 1. The maximum atomic E-state index is 13.8. The first kappa shape index (κ1) is 34.8. The molecule has 5 atom stereocenters. The lowest BCUT2D eigenvalue weighted by Gasteiger charge is -2.47. The van der Waals surface area contributed by atoms with Crippen molar-refractivity contribution in [2.24, 2.45) is 11.8 Å². The van der Waals surface area contributed by atoms with Gasteiger partial charge in [0, 0.05) is 5.92 Å². The zero-order chi connectivity index (χ0) is 29.9. The highest BCUT2D eigenvalue weighted by atomic mass is 28.4. The number of carbonyl (C=O) groups is 3. The number of nitrogens with one attached hydrogen (secondary N) is 1. The molecule has 1 aromatic rings. The highest BCUT2D eigenvalue weighted by Crippen LogP contribution is 2.45. The molecule has 0 aliphatic rings. The van der Waals surface area contributed by atoms with E-state index in [-0.39, 0.29) is 23.2 Å². The van der Waals surface area contributed by atoms with Crippen molar-refractivity contribution in [1.29, 1.82) is 0 Å². The molecule has 0 aliphatic carbocycles. The third kappa shape index (κ3) is 9.43. The summed E-state index contributed by atoms with van der Waals surface area (Å²) in [5.74, 6) is -3.27. The van der Waals surface area contributed by atoms with E-state index in [0.29, 0.717) is 12.8 Å². The van der Waals surface area contributed by atoms with E-state index in [1.807, 2.05) is 37.3 Å². The third-order valence-corrected chi connectivity index (χ3v) is 13.9. The van der Waals surface area contributed by atoms with Crippen LogP contribution < -0.4 is 5.32 Å². The molecule has 0 unspecified atom stereocenters. The average molecular weight is 566 g/mol. The molecule has 0 heterocycles. The zero-order valence-electron chi connectivity index (χ0n) is 25.3. The van der Waals surface area contributed by atoms with Gasteiger partial charge in [-0.3, -0.25) is 9.59 Å². The molecule has 0 saturated carbocycles. The standard InChI is InChI=1S/C30H51NO7Si/c1-10-11-17-25(29(34)35)28(38-39(19(2)3,20(4)5)21(6)7)22(8)27(33)26(23(9)32)31-30(36)37-18-24-15-13-12-14-16-24/h12-16,19-23,25-26,28,32H,10-11,17-18H2,1-9H3,(H,31,36)(H,34,35)/t22-,23+,25-,26-,28-/m0/s1. The summed E-state index contributed by atoms with van der Waals surface area (Å²) >= 11 is 0. The molecule has 3 N–H and O–H groups in total. The Bertz CT molecular complexity index is 882. The van der Waals surface area contributed by atoms with Crippen molar-refractivity contribution in [1.82, 2.24) is 5.32 Å². The van der Waals surface area contributed by atoms with Gasteiger partial charge in [-0.25, -0.2) is 4.79 Å². The number of ketones is 1. The van der Waals surface area contributed by atoms with E-state index < -0.39 is 56.2 Å². The van der Waals surface area contributed by atoms with E-state index in [9.17, 15) is 24.6 Å². The lowest BCUT2D eigenvalue weighted by Crippen LogP contribution is -2.57. The number of alkyl carbamates (subject to hydrolysis) is 1. The summed E-state index contributed by atoms with van der Waals surface area (Å²) < 4.78 is 12.3. The van der Waals surface area contributed by atoms with Crippen molar-refractivity contribution < 1.29 is 33.8 Å². The SMILES string of the molecule is CCCC[C@H](C(=O)O)[C@@H](O[Si](C(C)C)(C(C)C)C(C)C)[C@@H](C)C(=O)[C@@H](NC(=O)OCc1ccccc1)[C@@H](C)O. The van der Waals surface area contributed by atoms with E-state index >= 15 is 0 Å². The van der Waals surface area contributed by atoms with Crippen LogP contribution in [0.1, 0.15) is 87.1 Å². The number of aliphatic hydroxyl groups is 1. The molecular formula is C30H51NO7Si. The molecule has 222 valence electrons. The molecule has 0 aliphatic heterocycles. The Morgan fingerprint density at radius 2 is 1.46 bits per heavy atom. The van der Waals surface area contributed by atoms with Crippen LogP contribution in [0, 0.1) is 11.8 Å². The van der Waals surface area contributed by atoms with E-state index in [0.717, 1.165) is 12.0 Å². The maximum absolute atomic E-state index is 13.8.